The van der Waals surface area contributed by atoms with Gasteiger partial charge in [-0.2, -0.15) is 0 Å². The molecule has 2 unspecified atom stereocenters. The van der Waals surface area contributed by atoms with Gasteiger partial charge in [-0.15, -0.1) is 0 Å². The summed E-state index contributed by atoms with van der Waals surface area (Å²) in [6, 6.07) is 1.04. The Morgan fingerprint density at radius 3 is 2.35 bits per heavy atom. The minimum Gasteiger partial charge on any atom is -0.311 e. The van der Waals surface area contributed by atoms with Gasteiger partial charge in [0.2, 0.25) is 0 Å². The predicted octanol–water partition coefficient (Wildman–Crippen LogP) is 1.52. The molecule has 5 heteroatoms. The first-order valence-electron chi connectivity index (χ1n) is 8.00. The molecule has 1 saturated carbocycles. The molecule has 0 spiro atoms. The number of hydrogen-bond donors (Lipinski definition) is 1. The van der Waals surface area contributed by atoms with Crippen LogP contribution in [0.15, 0.2) is 0 Å². The van der Waals surface area contributed by atoms with Gasteiger partial charge in [0.25, 0.3) is 0 Å². The van der Waals surface area contributed by atoms with Gasteiger partial charge in [0.15, 0.2) is 9.84 Å². The molecule has 1 N–H and O–H groups in total. The third-order valence-electron chi connectivity index (χ3n) is 4.83. The summed E-state index contributed by atoms with van der Waals surface area (Å²) in [6.45, 7) is 10.7. The van der Waals surface area contributed by atoms with E-state index in [4.69, 9.17) is 0 Å². The van der Waals surface area contributed by atoms with Crippen LogP contribution in [0.25, 0.3) is 0 Å². The molecule has 0 aromatic heterocycles. The largest absolute Gasteiger partial charge is 0.311 e. The van der Waals surface area contributed by atoms with E-state index < -0.39 is 9.84 Å². The summed E-state index contributed by atoms with van der Waals surface area (Å²) >= 11 is 0. The number of piperazine rings is 1. The van der Waals surface area contributed by atoms with Gasteiger partial charge < -0.3 is 5.32 Å². The van der Waals surface area contributed by atoms with Crippen molar-refractivity contribution in [3.8, 4) is 0 Å². The van der Waals surface area contributed by atoms with Crippen LogP contribution >= 0.6 is 0 Å². The molecule has 1 saturated heterocycles. The van der Waals surface area contributed by atoms with Crippen LogP contribution in [0.3, 0.4) is 0 Å². The van der Waals surface area contributed by atoms with Gasteiger partial charge in [-0.1, -0.05) is 13.8 Å². The highest BCUT2D eigenvalue weighted by molar-refractivity contribution is 7.92. The lowest BCUT2D eigenvalue weighted by Gasteiger charge is -2.42. The zero-order valence-corrected chi connectivity index (χ0v) is 14.1. The molecule has 0 aromatic carbocycles. The zero-order valence-electron chi connectivity index (χ0n) is 13.3. The second-order valence-corrected chi connectivity index (χ2v) is 9.75. The molecule has 0 bridgehead atoms. The Balaban J connectivity index is 1.96. The molecule has 2 aliphatic rings. The summed E-state index contributed by atoms with van der Waals surface area (Å²) in [5.41, 5.74) is 0. The fraction of sp³-hybridized carbons (Fsp3) is 1.00. The topological polar surface area (TPSA) is 49.4 Å². The van der Waals surface area contributed by atoms with E-state index in [9.17, 15) is 8.42 Å². The molecule has 2 rings (SSSR count). The van der Waals surface area contributed by atoms with Gasteiger partial charge in [-0.3, -0.25) is 4.90 Å². The first-order chi connectivity index (χ1) is 9.31. The molecule has 0 aromatic rings. The summed E-state index contributed by atoms with van der Waals surface area (Å²) in [5.74, 6) is 1.68. The van der Waals surface area contributed by atoms with E-state index in [1.165, 1.54) is 12.8 Å². The number of rotatable bonds is 6. The molecule has 20 heavy (non-hydrogen) atoms. The Labute approximate surface area is 124 Å². The zero-order chi connectivity index (χ0) is 14.9. The summed E-state index contributed by atoms with van der Waals surface area (Å²) in [5, 5.41) is 3.41. The van der Waals surface area contributed by atoms with Crippen LogP contribution < -0.4 is 5.32 Å². The molecule has 4 nitrogen and oxygen atoms in total. The summed E-state index contributed by atoms with van der Waals surface area (Å²) in [7, 11) is -2.93. The fourth-order valence-electron chi connectivity index (χ4n) is 3.06. The third kappa shape index (κ3) is 3.95. The fourth-order valence-corrected chi connectivity index (χ4v) is 4.02. The van der Waals surface area contributed by atoms with Crippen LogP contribution in [0.5, 0.6) is 0 Å². The van der Waals surface area contributed by atoms with Crippen LogP contribution in [-0.4, -0.2) is 56.0 Å². The average molecular weight is 302 g/mol. The van der Waals surface area contributed by atoms with Crippen molar-refractivity contribution in [3.05, 3.63) is 0 Å². The molecular formula is C15H30N2O2S. The minimum atomic E-state index is -2.93. The van der Waals surface area contributed by atoms with Crippen LogP contribution in [0.4, 0.5) is 0 Å². The molecule has 1 aliphatic heterocycles. The van der Waals surface area contributed by atoms with Gasteiger partial charge >= 0.3 is 0 Å². The Morgan fingerprint density at radius 2 is 1.85 bits per heavy atom. The molecule has 0 radical (unpaired) electrons. The Hall–Kier alpha value is -0.130. The van der Waals surface area contributed by atoms with Crippen molar-refractivity contribution in [2.24, 2.45) is 11.8 Å². The molecule has 2 fully saturated rings. The highest BCUT2D eigenvalue weighted by Gasteiger charge is 2.38. The number of nitrogens with one attached hydrogen (secondary N) is 1. The predicted molar refractivity (Wildman–Crippen MR) is 83.6 cm³/mol. The quantitative estimate of drug-likeness (QED) is 0.808. The van der Waals surface area contributed by atoms with E-state index in [-0.39, 0.29) is 5.25 Å². The Kier molecular flexibility index (Phi) is 5.14. The van der Waals surface area contributed by atoms with E-state index in [1.807, 2.05) is 0 Å². The molecule has 1 aliphatic carbocycles. The lowest BCUT2D eigenvalue weighted by atomic mass is 9.97. The number of nitrogens with zero attached hydrogens (tertiary/aromatic N) is 1. The van der Waals surface area contributed by atoms with Gasteiger partial charge in [-0.25, -0.2) is 8.42 Å². The smallest absolute Gasteiger partial charge is 0.153 e. The van der Waals surface area contributed by atoms with E-state index in [0.29, 0.717) is 30.3 Å². The lowest BCUT2D eigenvalue weighted by molar-refractivity contribution is 0.0988. The van der Waals surface area contributed by atoms with Gasteiger partial charge in [0, 0.05) is 31.7 Å². The summed E-state index contributed by atoms with van der Waals surface area (Å²) in [4.78, 5) is 2.42. The highest BCUT2D eigenvalue weighted by Crippen LogP contribution is 2.34. The number of sulfone groups is 1. The third-order valence-corrected chi connectivity index (χ3v) is 7.02. The maximum Gasteiger partial charge on any atom is 0.153 e. The average Bonchev–Trinajstić information content (AvgIpc) is 3.20. The van der Waals surface area contributed by atoms with Crippen molar-refractivity contribution in [1.29, 1.82) is 0 Å². The second-order valence-electron chi connectivity index (χ2n) is 7.07. The van der Waals surface area contributed by atoms with Gasteiger partial charge in [0.05, 0.1) is 11.0 Å². The summed E-state index contributed by atoms with van der Waals surface area (Å²) in [6.07, 6.45) is 2.67. The SMILES string of the molecule is CC(C)C1CNC(C2CC2)CN1CCS(=O)(=O)C(C)C. The molecule has 2 atom stereocenters. The maximum absolute atomic E-state index is 12.0. The van der Waals surface area contributed by atoms with E-state index >= 15 is 0 Å². The highest BCUT2D eigenvalue weighted by atomic mass is 32.2. The summed E-state index contributed by atoms with van der Waals surface area (Å²) < 4.78 is 24.1. The standard InChI is InChI=1S/C15H30N2O2S/c1-11(2)15-9-16-14(13-5-6-13)10-17(15)7-8-20(18,19)12(3)4/h11-16H,5-10H2,1-4H3. The molecule has 1 heterocycles. The van der Waals surface area contributed by atoms with Gasteiger partial charge in [-0.05, 0) is 38.5 Å². The van der Waals surface area contributed by atoms with Crippen LogP contribution in [0.1, 0.15) is 40.5 Å². The van der Waals surface area contributed by atoms with Crippen molar-refractivity contribution < 1.29 is 8.42 Å². The number of hydrogen-bond acceptors (Lipinski definition) is 4. The van der Waals surface area contributed by atoms with Crippen molar-refractivity contribution in [1.82, 2.24) is 10.2 Å². The normalized spacial score (nSPS) is 29.3. The van der Waals surface area contributed by atoms with Crippen molar-refractivity contribution in [2.45, 2.75) is 57.9 Å². The van der Waals surface area contributed by atoms with Crippen molar-refractivity contribution in [2.75, 3.05) is 25.4 Å². The Bertz CT molecular complexity index is 416. The molecule has 118 valence electrons. The molecular weight excluding hydrogens is 272 g/mol. The van der Waals surface area contributed by atoms with E-state index in [1.54, 1.807) is 13.8 Å². The van der Waals surface area contributed by atoms with Gasteiger partial charge in [0.1, 0.15) is 0 Å². The minimum absolute atomic E-state index is 0.262. The monoisotopic (exact) mass is 302 g/mol. The van der Waals surface area contributed by atoms with Crippen LogP contribution in [-0.2, 0) is 9.84 Å². The Morgan fingerprint density at radius 1 is 1.20 bits per heavy atom. The van der Waals surface area contributed by atoms with E-state index in [2.05, 4.69) is 24.1 Å². The lowest BCUT2D eigenvalue weighted by Crippen LogP contribution is -2.59. The van der Waals surface area contributed by atoms with E-state index in [0.717, 1.165) is 19.0 Å². The first-order valence-corrected chi connectivity index (χ1v) is 9.72. The second kappa shape index (κ2) is 6.32. The van der Waals surface area contributed by atoms with Crippen LogP contribution in [0.2, 0.25) is 0 Å². The first kappa shape index (κ1) is 16.2. The van der Waals surface area contributed by atoms with Crippen molar-refractivity contribution in [3.63, 3.8) is 0 Å². The maximum atomic E-state index is 12.0. The van der Waals surface area contributed by atoms with Crippen molar-refractivity contribution >= 4 is 9.84 Å². The van der Waals surface area contributed by atoms with Crippen LogP contribution in [0, 0.1) is 11.8 Å². The molecule has 0 amide bonds.